The predicted octanol–water partition coefficient (Wildman–Crippen LogP) is 1.11. The molecule has 0 bridgehead atoms. The Morgan fingerprint density at radius 3 is 2.00 bits per heavy atom. The number of amides is 1. The van der Waals surface area contributed by atoms with Crippen LogP contribution < -0.4 is 5.32 Å². The molecule has 0 aliphatic heterocycles. The van der Waals surface area contributed by atoms with Gasteiger partial charge in [-0.05, 0) is 27.2 Å². The highest BCUT2D eigenvalue weighted by atomic mass is 31.2. The predicted molar refractivity (Wildman–Crippen MR) is 84.6 cm³/mol. The van der Waals surface area contributed by atoms with Gasteiger partial charge in [-0.25, -0.2) is 0 Å². The van der Waals surface area contributed by atoms with Gasteiger partial charge in [0.05, 0.1) is 6.16 Å². The average molecular weight is 357 g/mol. The number of carbonyl (C=O) groups excluding carboxylic acids is 1. The molecule has 3 N–H and O–H groups in total. The molecule has 0 saturated carbocycles. The lowest BCUT2D eigenvalue weighted by atomic mass is 10.4. The molecule has 0 aliphatic carbocycles. The van der Waals surface area contributed by atoms with E-state index in [1.165, 1.54) is 0 Å². The summed E-state index contributed by atoms with van der Waals surface area (Å²) in [5, 5.41) is 2.63. The maximum Gasteiger partial charge on any atom is 0.500 e. The number of hydrogen-bond acceptors (Lipinski definition) is 5. The van der Waals surface area contributed by atoms with Gasteiger partial charge >= 0.3 is 16.4 Å². The van der Waals surface area contributed by atoms with Crippen molar-refractivity contribution in [2.45, 2.75) is 39.7 Å². The molecule has 0 spiro atoms. The molecule has 0 aromatic carbocycles. The van der Waals surface area contributed by atoms with Crippen LogP contribution in [0.5, 0.6) is 0 Å². The summed E-state index contributed by atoms with van der Waals surface area (Å²) in [5.41, 5.74) is 0. The lowest BCUT2D eigenvalue weighted by Crippen LogP contribution is -2.46. The van der Waals surface area contributed by atoms with Crippen molar-refractivity contribution in [1.82, 2.24) is 5.32 Å². The quantitative estimate of drug-likeness (QED) is 0.257. The van der Waals surface area contributed by atoms with Crippen molar-refractivity contribution in [1.29, 1.82) is 0 Å². The molecule has 0 fully saturated rings. The highest BCUT2D eigenvalue weighted by Gasteiger charge is 2.39. The van der Waals surface area contributed by atoms with Crippen molar-refractivity contribution in [3.63, 3.8) is 0 Å². The second kappa shape index (κ2) is 11.3. The van der Waals surface area contributed by atoms with Crippen molar-refractivity contribution >= 4 is 22.3 Å². The molecule has 0 rings (SSSR count). The molecular formula is C12H28NO7PSi. The number of rotatable bonds is 13. The second-order valence-electron chi connectivity index (χ2n) is 4.57. The smallest absolute Gasteiger partial charge is 0.374 e. The van der Waals surface area contributed by atoms with E-state index in [0.717, 1.165) is 0 Å². The average Bonchev–Trinajstić information content (AvgIpc) is 2.41. The van der Waals surface area contributed by atoms with Crippen LogP contribution >= 0.6 is 7.60 Å². The van der Waals surface area contributed by atoms with Gasteiger partial charge in [0.25, 0.3) is 0 Å². The second-order valence-corrected chi connectivity index (χ2v) is 9.08. The zero-order valence-corrected chi connectivity index (χ0v) is 15.4. The van der Waals surface area contributed by atoms with Gasteiger partial charge in [-0.1, -0.05) is 0 Å². The third-order valence-corrected chi connectivity index (χ3v) is 6.66. The molecule has 132 valence electrons. The minimum atomic E-state index is -4.13. The maximum atomic E-state index is 11.5. The highest BCUT2D eigenvalue weighted by molar-refractivity contribution is 7.51. The van der Waals surface area contributed by atoms with Crippen LogP contribution in [0, 0.1) is 0 Å². The first-order chi connectivity index (χ1) is 10.3. The normalized spacial score (nSPS) is 12.4. The molecule has 0 saturated heterocycles. The molecule has 1 amide bonds. The summed E-state index contributed by atoms with van der Waals surface area (Å²) in [6.45, 7) is 7.53. The molecule has 0 aromatic rings. The Balaban J connectivity index is 4.16. The molecule has 22 heavy (non-hydrogen) atoms. The topological polar surface area (TPSA) is 114 Å². The number of hydrogen-bond donors (Lipinski definition) is 3. The molecule has 0 aromatic heterocycles. The van der Waals surface area contributed by atoms with Crippen LogP contribution in [0.15, 0.2) is 0 Å². The first-order valence-electron chi connectivity index (χ1n) is 7.51. The van der Waals surface area contributed by atoms with Crippen molar-refractivity contribution < 1.29 is 32.4 Å². The fourth-order valence-corrected chi connectivity index (χ4v) is 4.98. The fraction of sp³-hybridized carbons (Fsp3) is 0.917. The van der Waals surface area contributed by atoms with Crippen molar-refractivity contribution in [3.8, 4) is 0 Å². The standard InChI is InChI=1S/C12H28NO7PSi/c1-4-18-22(19-5-2,20-6-3)11-7-9-13-12(14)8-10-21(15,16)17/h4-11H2,1-3H3,(H,13,14)(H2,15,16,17). The monoisotopic (exact) mass is 357 g/mol. The fourth-order valence-electron chi connectivity index (χ4n) is 1.87. The Hall–Kier alpha value is -0.283. The van der Waals surface area contributed by atoms with E-state index in [-0.39, 0.29) is 12.3 Å². The summed E-state index contributed by atoms with van der Waals surface area (Å²) in [7, 11) is -6.82. The minimum Gasteiger partial charge on any atom is -0.374 e. The molecule has 8 nitrogen and oxygen atoms in total. The first-order valence-corrected chi connectivity index (χ1v) is 11.2. The van der Waals surface area contributed by atoms with Crippen LogP contribution in [0.1, 0.15) is 33.6 Å². The van der Waals surface area contributed by atoms with Crippen LogP contribution in [0.4, 0.5) is 0 Å². The van der Waals surface area contributed by atoms with Crippen molar-refractivity contribution in [2.75, 3.05) is 32.5 Å². The maximum absolute atomic E-state index is 11.5. The van der Waals surface area contributed by atoms with Crippen molar-refractivity contribution in [3.05, 3.63) is 0 Å². The Morgan fingerprint density at radius 1 is 1.09 bits per heavy atom. The van der Waals surface area contributed by atoms with Crippen LogP contribution in [0.2, 0.25) is 6.04 Å². The highest BCUT2D eigenvalue weighted by Crippen LogP contribution is 2.34. The largest absolute Gasteiger partial charge is 0.500 e. The third-order valence-electron chi connectivity index (χ3n) is 2.70. The zero-order chi connectivity index (χ0) is 17.1. The summed E-state index contributed by atoms with van der Waals surface area (Å²) in [5.74, 6) is -0.375. The Bertz CT molecular complexity index is 346. The van der Waals surface area contributed by atoms with E-state index in [9.17, 15) is 9.36 Å². The van der Waals surface area contributed by atoms with Gasteiger partial charge in [0, 0.05) is 38.8 Å². The van der Waals surface area contributed by atoms with Crippen LogP contribution in [0.25, 0.3) is 0 Å². The van der Waals surface area contributed by atoms with E-state index in [2.05, 4.69) is 5.32 Å². The number of nitrogens with one attached hydrogen (secondary N) is 1. The van der Waals surface area contributed by atoms with Gasteiger partial charge in [-0.2, -0.15) is 0 Å². The summed E-state index contributed by atoms with van der Waals surface area (Å²) < 4.78 is 27.7. The van der Waals surface area contributed by atoms with Gasteiger partial charge in [0.15, 0.2) is 0 Å². The van der Waals surface area contributed by atoms with E-state index >= 15 is 0 Å². The van der Waals surface area contributed by atoms with Crippen LogP contribution in [-0.2, 0) is 22.6 Å². The molecule has 0 atom stereocenters. The molecule has 0 heterocycles. The Kier molecular flexibility index (Phi) is 11.1. The summed E-state index contributed by atoms with van der Waals surface area (Å²) in [6, 6.07) is 0.585. The van der Waals surface area contributed by atoms with E-state index < -0.39 is 22.6 Å². The van der Waals surface area contributed by atoms with Crippen LogP contribution in [0.3, 0.4) is 0 Å². The Morgan fingerprint density at radius 2 is 1.59 bits per heavy atom. The van der Waals surface area contributed by atoms with Crippen molar-refractivity contribution in [2.24, 2.45) is 0 Å². The summed E-state index contributed by atoms with van der Waals surface area (Å²) >= 11 is 0. The van der Waals surface area contributed by atoms with Gasteiger partial charge in [-0.3, -0.25) is 9.36 Å². The molecule has 10 heteroatoms. The van der Waals surface area contributed by atoms with E-state index in [0.29, 0.717) is 38.8 Å². The SMILES string of the molecule is CCO[Si](CCCNC(=O)CCP(=O)(O)O)(OCC)OCC. The molecule has 0 unspecified atom stereocenters. The van der Waals surface area contributed by atoms with E-state index in [1.54, 1.807) is 0 Å². The van der Waals surface area contributed by atoms with Gasteiger partial charge in [-0.15, -0.1) is 0 Å². The minimum absolute atomic E-state index is 0.185. The summed E-state index contributed by atoms with van der Waals surface area (Å²) in [4.78, 5) is 28.9. The molecule has 0 radical (unpaired) electrons. The van der Waals surface area contributed by atoms with Gasteiger partial charge < -0.3 is 28.4 Å². The van der Waals surface area contributed by atoms with Gasteiger partial charge in [0.1, 0.15) is 0 Å². The molecule has 0 aliphatic rings. The number of carbonyl (C=O) groups is 1. The lowest BCUT2D eigenvalue weighted by Gasteiger charge is -2.28. The Labute approximate surface area is 133 Å². The first kappa shape index (κ1) is 21.7. The van der Waals surface area contributed by atoms with E-state index in [1.807, 2.05) is 20.8 Å². The summed E-state index contributed by atoms with van der Waals surface area (Å²) in [6.07, 6.45) is -0.00252. The van der Waals surface area contributed by atoms with Crippen LogP contribution in [-0.4, -0.2) is 57.0 Å². The third kappa shape index (κ3) is 10.4. The van der Waals surface area contributed by atoms with E-state index in [4.69, 9.17) is 23.1 Å². The van der Waals surface area contributed by atoms with Gasteiger partial charge in [0.2, 0.25) is 5.91 Å². The molecular weight excluding hydrogens is 329 g/mol. The lowest BCUT2D eigenvalue weighted by molar-refractivity contribution is -0.120. The zero-order valence-electron chi connectivity index (χ0n) is 13.5.